The van der Waals surface area contributed by atoms with Crippen molar-refractivity contribution in [3.63, 3.8) is 0 Å². The molecule has 1 saturated heterocycles. The van der Waals surface area contributed by atoms with E-state index in [1.807, 2.05) is 0 Å². The minimum atomic E-state index is -0.585. The third-order valence-corrected chi connectivity index (χ3v) is 4.43. The molecule has 0 N–H and O–H groups in total. The standard InChI is InChI=1S/C20H29NO4/c1-2-3-4-5-6-7-8-9-10-11-14-21-19(22)18(25-20(21)23)16-17-13-12-15-24-17/h12-13,15-16H,2-11,14H2,1H3. The minimum absolute atomic E-state index is 0.0343. The Hall–Kier alpha value is -2.04. The van der Waals surface area contributed by atoms with Gasteiger partial charge in [0.2, 0.25) is 5.76 Å². The average Bonchev–Trinajstić information content (AvgIpc) is 3.20. The minimum Gasteiger partial charge on any atom is -0.465 e. The molecule has 1 aliphatic rings. The maximum Gasteiger partial charge on any atom is 0.422 e. The van der Waals surface area contributed by atoms with E-state index in [4.69, 9.17) is 9.15 Å². The molecule has 0 aliphatic carbocycles. The van der Waals surface area contributed by atoms with Crippen molar-refractivity contribution in [3.8, 4) is 0 Å². The SMILES string of the molecule is CCCCCCCCCCCCN1C(=O)OC(=Cc2ccco2)C1=O. The lowest BCUT2D eigenvalue weighted by atomic mass is 10.1. The summed E-state index contributed by atoms with van der Waals surface area (Å²) in [5.41, 5.74) is 0. The van der Waals surface area contributed by atoms with Crippen LogP contribution in [-0.4, -0.2) is 23.4 Å². The zero-order valence-corrected chi connectivity index (χ0v) is 15.2. The van der Waals surface area contributed by atoms with Crippen LogP contribution < -0.4 is 0 Å². The number of hydrogen-bond acceptors (Lipinski definition) is 4. The molecular formula is C20H29NO4. The molecule has 0 unspecified atom stereocenters. The van der Waals surface area contributed by atoms with Gasteiger partial charge in [-0.05, 0) is 18.6 Å². The number of unbranched alkanes of at least 4 members (excludes halogenated alkanes) is 9. The second kappa shape index (κ2) is 10.7. The third-order valence-electron chi connectivity index (χ3n) is 4.43. The summed E-state index contributed by atoms with van der Waals surface area (Å²) in [6.45, 7) is 2.65. The molecule has 2 rings (SSSR count). The number of ether oxygens (including phenoxy) is 1. The fourth-order valence-electron chi connectivity index (χ4n) is 2.95. The number of imide groups is 1. The topological polar surface area (TPSA) is 59.8 Å². The highest BCUT2D eigenvalue weighted by molar-refractivity contribution is 6.09. The zero-order valence-electron chi connectivity index (χ0n) is 15.2. The van der Waals surface area contributed by atoms with E-state index in [-0.39, 0.29) is 11.7 Å². The maximum absolute atomic E-state index is 12.2. The summed E-state index contributed by atoms with van der Waals surface area (Å²) in [7, 11) is 0. The fourth-order valence-corrected chi connectivity index (χ4v) is 2.95. The Morgan fingerprint density at radius 2 is 1.60 bits per heavy atom. The van der Waals surface area contributed by atoms with Crippen molar-refractivity contribution in [1.82, 2.24) is 4.90 Å². The molecule has 1 aromatic heterocycles. The number of carbonyl (C=O) groups excluding carboxylic acids is 2. The largest absolute Gasteiger partial charge is 0.465 e. The molecule has 2 amide bonds. The first-order chi connectivity index (χ1) is 12.2. The Labute approximate surface area is 150 Å². The molecule has 2 heterocycles. The van der Waals surface area contributed by atoms with Gasteiger partial charge < -0.3 is 9.15 Å². The molecular weight excluding hydrogens is 318 g/mol. The Bertz CT molecular complexity index is 562. The summed E-state index contributed by atoms with van der Waals surface area (Å²) in [5.74, 6) is 0.154. The molecule has 0 aromatic carbocycles. The molecule has 25 heavy (non-hydrogen) atoms. The molecule has 0 bridgehead atoms. The molecule has 5 heteroatoms. The number of amides is 2. The van der Waals surface area contributed by atoms with Crippen LogP contribution in [0.5, 0.6) is 0 Å². The summed E-state index contributed by atoms with van der Waals surface area (Å²) in [5, 5.41) is 0. The number of carbonyl (C=O) groups is 2. The van der Waals surface area contributed by atoms with Gasteiger partial charge in [0.15, 0.2) is 0 Å². The molecule has 1 aromatic rings. The first-order valence-corrected chi connectivity index (χ1v) is 9.51. The van der Waals surface area contributed by atoms with Gasteiger partial charge in [0.05, 0.1) is 6.26 Å². The van der Waals surface area contributed by atoms with Gasteiger partial charge in [-0.1, -0.05) is 64.7 Å². The van der Waals surface area contributed by atoms with Crippen LogP contribution in [0.25, 0.3) is 6.08 Å². The van der Waals surface area contributed by atoms with Crippen LogP contribution in [0.3, 0.4) is 0 Å². The molecule has 138 valence electrons. The summed E-state index contributed by atoms with van der Waals surface area (Å²) >= 11 is 0. The van der Waals surface area contributed by atoms with E-state index in [1.54, 1.807) is 12.1 Å². The molecule has 5 nitrogen and oxygen atoms in total. The van der Waals surface area contributed by atoms with E-state index in [0.29, 0.717) is 12.3 Å². The fraction of sp³-hybridized carbons (Fsp3) is 0.600. The highest BCUT2D eigenvalue weighted by atomic mass is 16.6. The summed E-state index contributed by atoms with van der Waals surface area (Å²) in [6, 6.07) is 3.42. The molecule has 0 atom stereocenters. The van der Waals surface area contributed by atoms with Crippen LogP contribution in [0.4, 0.5) is 4.79 Å². The normalized spacial score (nSPS) is 16.0. The molecule has 0 saturated carbocycles. The average molecular weight is 347 g/mol. The van der Waals surface area contributed by atoms with Crippen molar-refractivity contribution < 1.29 is 18.7 Å². The van der Waals surface area contributed by atoms with E-state index in [1.165, 1.54) is 62.2 Å². The van der Waals surface area contributed by atoms with Crippen LogP contribution in [0.1, 0.15) is 76.9 Å². The Kier molecular flexibility index (Phi) is 8.29. The predicted octanol–water partition coefficient (Wildman–Crippen LogP) is 5.52. The number of cyclic esters (lactones) is 1. The van der Waals surface area contributed by atoms with Crippen molar-refractivity contribution in [3.05, 3.63) is 29.9 Å². The van der Waals surface area contributed by atoms with Gasteiger partial charge in [0.1, 0.15) is 5.76 Å². The first-order valence-electron chi connectivity index (χ1n) is 9.51. The predicted molar refractivity (Wildman–Crippen MR) is 96.7 cm³/mol. The van der Waals surface area contributed by atoms with Crippen molar-refractivity contribution in [2.75, 3.05) is 6.54 Å². The highest BCUT2D eigenvalue weighted by Crippen LogP contribution is 2.20. The second-order valence-electron chi connectivity index (χ2n) is 6.53. The smallest absolute Gasteiger partial charge is 0.422 e. The zero-order chi connectivity index (χ0) is 17.9. The summed E-state index contributed by atoms with van der Waals surface area (Å²) < 4.78 is 10.2. The van der Waals surface area contributed by atoms with E-state index < -0.39 is 6.09 Å². The van der Waals surface area contributed by atoms with Crippen molar-refractivity contribution in [2.24, 2.45) is 0 Å². The Morgan fingerprint density at radius 3 is 2.20 bits per heavy atom. The number of hydrogen-bond donors (Lipinski definition) is 0. The first kappa shape index (κ1) is 19.3. The van der Waals surface area contributed by atoms with Gasteiger partial charge in [-0.2, -0.15) is 0 Å². The van der Waals surface area contributed by atoms with Crippen LogP contribution >= 0.6 is 0 Å². The van der Waals surface area contributed by atoms with Gasteiger partial charge >= 0.3 is 6.09 Å². The molecule has 1 aliphatic heterocycles. The van der Waals surface area contributed by atoms with Crippen LogP contribution in [-0.2, 0) is 9.53 Å². The van der Waals surface area contributed by atoms with Crippen LogP contribution in [0, 0.1) is 0 Å². The van der Waals surface area contributed by atoms with Gasteiger partial charge in [-0.3, -0.25) is 4.79 Å². The highest BCUT2D eigenvalue weighted by Gasteiger charge is 2.36. The van der Waals surface area contributed by atoms with Crippen LogP contribution in [0.15, 0.2) is 28.6 Å². The Balaban J connectivity index is 1.60. The number of furan rings is 1. The number of rotatable bonds is 12. The van der Waals surface area contributed by atoms with Gasteiger partial charge in [0, 0.05) is 12.6 Å². The van der Waals surface area contributed by atoms with E-state index >= 15 is 0 Å². The molecule has 0 spiro atoms. The second-order valence-corrected chi connectivity index (χ2v) is 6.53. The van der Waals surface area contributed by atoms with E-state index in [9.17, 15) is 9.59 Å². The Morgan fingerprint density at radius 1 is 0.960 bits per heavy atom. The summed E-state index contributed by atoms with van der Waals surface area (Å²) in [6.07, 6.45) is 14.5. The van der Waals surface area contributed by atoms with Gasteiger partial charge in [-0.15, -0.1) is 0 Å². The lowest BCUT2D eigenvalue weighted by molar-refractivity contribution is -0.123. The van der Waals surface area contributed by atoms with Crippen molar-refractivity contribution in [1.29, 1.82) is 0 Å². The number of nitrogens with zero attached hydrogens (tertiary/aromatic N) is 1. The molecule has 1 fully saturated rings. The maximum atomic E-state index is 12.2. The van der Waals surface area contributed by atoms with Gasteiger partial charge in [-0.25, -0.2) is 9.69 Å². The van der Waals surface area contributed by atoms with Gasteiger partial charge in [0.25, 0.3) is 5.91 Å². The van der Waals surface area contributed by atoms with E-state index in [0.717, 1.165) is 19.3 Å². The lowest BCUT2D eigenvalue weighted by Gasteiger charge is -2.09. The molecule has 0 radical (unpaired) electrons. The quantitative estimate of drug-likeness (QED) is 0.369. The van der Waals surface area contributed by atoms with Crippen molar-refractivity contribution >= 4 is 18.1 Å². The van der Waals surface area contributed by atoms with E-state index in [2.05, 4.69) is 6.92 Å². The lowest BCUT2D eigenvalue weighted by Crippen LogP contribution is -2.29. The monoisotopic (exact) mass is 347 g/mol. The van der Waals surface area contributed by atoms with Crippen molar-refractivity contribution in [2.45, 2.75) is 71.1 Å². The summed E-state index contributed by atoms with van der Waals surface area (Å²) in [4.78, 5) is 25.2. The third kappa shape index (κ3) is 6.40. The van der Waals surface area contributed by atoms with Crippen LogP contribution in [0.2, 0.25) is 0 Å².